The second-order valence-electron chi connectivity index (χ2n) is 10.5. The number of amides is 1. The molecule has 2 spiro atoms. The Balaban J connectivity index is 0.00000280. The third-order valence-electron chi connectivity index (χ3n) is 6.89. The molecule has 0 unspecified atom stereocenters. The molecule has 3 aliphatic rings. The van der Waals surface area contributed by atoms with E-state index in [0.29, 0.717) is 12.8 Å². The van der Waals surface area contributed by atoms with E-state index in [9.17, 15) is 10.0 Å². The summed E-state index contributed by atoms with van der Waals surface area (Å²) in [6.45, 7) is 7.99. The van der Waals surface area contributed by atoms with E-state index in [0.717, 1.165) is 25.7 Å². The summed E-state index contributed by atoms with van der Waals surface area (Å²) in [4.78, 5) is 13.2. The monoisotopic (exact) mass is 564 g/mol. The Morgan fingerprint density at radius 2 is 1.21 bits per heavy atom. The van der Waals surface area contributed by atoms with Crippen LogP contribution in [-0.4, -0.2) is 38.6 Å². The predicted molar refractivity (Wildman–Crippen MR) is 106 cm³/mol. The van der Waals surface area contributed by atoms with Crippen molar-refractivity contribution >= 4 is 5.91 Å². The van der Waals surface area contributed by atoms with Crippen LogP contribution in [0.4, 0.5) is 0 Å². The Labute approximate surface area is 185 Å². The van der Waals surface area contributed by atoms with Crippen LogP contribution in [0.3, 0.4) is 0 Å². The normalized spacial score (nSPS) is 30.1. The maximum Gasteiger partial charge on any atom is 0.254 e. The number of nitrogens with zero attached hydrogens (tertiary/aromatic N) is 1. The molecule has 0 bridgehead atoms. The van der Waals surface area contributed by atoms with Gasteiger partial charge in [-0.1, -0.05) is 44.9 Å². The molecule has 5 nitrogen and oxygen atoms in total. The van der Waals surface area contributed by atoms with Gasteiger partial charge >= 0.3 is 0 Å². The van der Waals surface area contributed by atoms with Crippen molar-refractivity contribution in [3.63, 3.8) is 0 Å². The minimum atomic E-state index is -0.830. The summed E-state index contributed by atoms with van der Waals surface area (Å²) in [6.07, 6.45) is 14.1. The zero-order valence-corrected chi connectivity index (χ0v) is 21.2. The van der Waals surface area contributed by atoms with Gasteiger partial charge in [0.25, 0.3) is 5.91 Å². The Bertz CT molecular complexity index is 520. The number of hydrogen-bond donors (Lipinski definition) is 2. The third kappa shape index (κ3) is 5.02. The van der Waals surface area contributed by atoms with E-state index in [1.165, 1.54) is 50.0 Å². The molecule has 3 rings (SSSR count). The molecule has 0 aromatic rings. The Kier molecular flexibility index (Phi) is 7.85. The Morgan fingerprint density at radius 1 is 0.821 bits per heavy atom. The number of carbonyl (C=O) groups excluding carboxylic acids is 1. The van der Waals surface area contributed by atoms with Gasteiger partial charge in [-0.25, -0.2) is 0 Å². The smallest absolute Gasteiger partial charge is 0.254 e. The Morgan fingerprint density at radius 3 is 1.64 bits per heavy atom. The van der Waals surface area contributed by atoms with Crippen molar-refractivity contribution in [2.45, 2.75) is 134 Å². The maximum absolute atomic E-state index is 13.2. The number of hydrogen-bond acceptors (Lipinski definition) is 4. The molecule has 2 aliphatic heterocycles. The quantitative estimate of drug-likeness (QED) is 0.439. The van der Waals surface area contributed by atoms with E-state index in [1.807, 2.05) is 27.7 Å². The minimum absolute atomic E-state index is 0. The van der Waals surface area contributed by atoms with Gasteiger partial charge in [0, 0.05) is 45.0 Å². The molecule has 162 valence electrons. The van der Waals surface area contributed by atoms with Crippen molar-refractivity contribution in [2.24, 2.45) is 0 Å². The zero-order valence-electron chi connectivity index (χ0n) is 18.3. The fourth-order valence-corrected chi connectivity index (χ4v) is 5.84. The van der Waals surface area contributed by atoms with Crippen LogP contribution in [-0.2, 0) is 30.6 Å². The minimum Gasteiger partial charge on any atom is -0.339 e. The molecule has 0 atom stereocenters. The summed E-state index contributed by atoms with van der Waals surface area (Å²) < 4.78 is 6.76. The number of hydroxylamine groups is 2. The fraction of sp³-hybridized carbons (Fsp3) is 0.955. The fourth-order valence-electron chi connectivity index (χ4n) is 5.84. The molecule has 0 radical (unpaired) electrons. The van der Waals surface area contributed by atoms with Gasteiger partial charge in [-0.15, -0.1) is 0 Å². The molecule has 28 heavy (non-hydrogen) atoms. The number of nitrogens with one attached hydrogen (secondary N) is 1. The van der Waals surface area contributed by atoms with Gasteiger partial charge in [0.05, 0.1) is 0 Å². The number of rotatable bonds is 0. The zero-order chi connectivity index (χ0) is 19.8. The van der Waals surface area contributed by atoms with Crippen LogP contribution in [0.2, 0.25) is 0 Å². The molecular weight excluding hydrogens is 524 g/mol. The third-order valence-corrected chi connectivity index (χ3v) is 6.89. The maximum atomic E-state index is 13.2. The van der Waals surface area contributed by atoms with Crippen molar-refractivity contribution < 1.29 is 35.8 Å². The van der Waals surface area contributed by atoms with Gasteiger partial charge in [-0.05, 0) is 53.4 Å². The van der Waals surface area contributed by atoms with Crippen molar-refractivity contribution in [1.82, 2.24) is 10.4 Å². The van der Waals surface area contributed by atoms with Gasteiger partial charge < -0.3 is 15.3 Å². The summed E-state index contributed by atoms with van der Waals surface area (Å²) in [5.74, 6) is 0.0313. The van der Waals surface area contributed by atoms with Gasteiger partial charge in [-0.3, -0.25) is 4.79 Å². The number of ether oxygens (including phenoxy) is 1. The van der Waals surface area contributed by atoms with Gasteiger partial charge in [-0.2, -0.15) is 5.06 Å². The van der Waals surface area contributed by atoms with E-state index >= 15 is 0 Å². The first-order valence-corrected chi connectivity index (χ1v) is 11.1. The van der Waals surface area contributed by atoms with Crippen LogP contribution >= 0.6 is 0 Å². The molecular formula is C22H40N2O3W. The standard InChI is InChI=1S/C22H40N2O3.W/c1-19(2)16-21(17-20(3,4)24(19)26)18(25)23-22(27-21)14-12-10-8-6-5-7-9-11-13-15-22;/h26H,5-17H2,1-4H3,(H,23,25);. The van der Waals surface area contributed by atoms with E-state index in [-0.39, 0.29) is 27.0 Å². The first-order valence-electron chi connectivity index (χ1n) is 11.1. The summed E-state index contributed by atoms with van der Waals surface area (Å²) >= 11 is 0. The summed E-state index contributed by atoms with van der Waals surface area (Å²) in [6, 6.07) is 0. The van der Waals surface area contributed by atoms with Gasteiger partial charge in [0.1, 0.15) is 5.72 Å². The molecule has 3 fully saturated rings. The van der Waals surface area contributed by atoms with Crippen LogP contribution in [0.1, 0.15) is 111 Å². The van der Waals surface area contributed by atoms with E-state index in [1.54, 1.807) is 0 Å². The average Bonchev–Trinajstić information content (AvgIpc) is 2.80. The molecule has 1 aliphatic carbocycles. The van der Waals surface area contributed by atoms with Crippen molar-refractivity contribution in [1.29, 1.82) is 0 Å². The van der Waals surface area contributed by atoms with Crippen LogP contribution in [0, 0.1) is 0 Å². The molecule has 0 aromatic carbocycles. The average molecular weight is 564 g/mol. The summed E-state index contributed by atoms with van der Waals surface area (Å²) in [7, 11) is 0. The first kappa shape index (κ1) is 24.3. The van der Waals surface area contributed by atoms with Gasteiger partial charge in [0.15, 0.2) is 5.60 Å². The number of carbonyl (C=O) groups is 1. The molecule has 6 heteroatoms. The van der Waals surface area contributed by atoms with E-state index in [2.05, 4.69) is 5.32 Å². The topological polar surface area (TPSA) is 61.8 Å². The number of piperidine rings is 1. The summed E-state index contributed by atoms with van der Waals surface area (Å²) in [5.41, 5.74) is -2.35. The Hall–Kier alpha value is 0.0383. The predicted octanol–water partition coefficient (Wildman–Crippen LogP) is 4.91. The molecule has 2 heterocycles. The summed E-state index contributed by atoms with van der Waals surface area (Å²) in [5, 5.41) is 15.4. The first-order chi connectivity index (χ1) is 12.6. The molecule has 1 amide bonds. The van der Waals surface area contributed by atoms with Crippen molar-refractivity contribution in [3.8, 4) is 0 Å². The second-order valence-corrected chi connectivity index (χ2v) is 10.5. The molecule has 2 saturated heterocycles. The second kappa shape index (κ2) is 9.04. The molecule has 1 saturated carbocycles. The molecule has 2 N–H and O–H groups in total. The van der Waals surface area contributed by atoms with Crippen LogP contribution < -0.4 is 5.32 Å². The molecule has 0 aromatic heterocycles. The van der Waals surface area contributed by atoms with E-state index in [4.69, 9.17) is 4.74 Å². The largest absolute Gasteiger partial charge is 0.339 e. The SMILES string of the molecule is CC1(C)CC2(CC(C)(C)N1O)OC1(CCCCCCCCCCC1)NC2=O.[W]. The van der Waals surface area contributed by atoms with Gasteiger partial charge in [0.2, 0.25) is 0 Å². The van der Waals surface area contributed by atoms with Crippen LogP contribution in [0.15, 0.2) is 0 Å². The van der Waals surface area contributed by atoms with E-state index < -0.39 is 22.4 Å². The van der Waals surface area contributed by atoms with Crippen LogP contribution in [0.5, 0.6) is 0 Å². The van der Waals surface area contributed by atoms with Crippen molar-refractivity contribution in [3.05, 3.63) is 0 Å². The van der Waals surface area contributed by atoms with Crippen LogP contribution in [0.25, 0.3) is 0 Å². The van der Waals surface area contributed by atoms with Crippen molar-refractivity contribution in [2.75, 3.05) is 0 Å².